The minimum Gasteiger partial charge on any atom is -0.464 e. The lowest BCUT2D eigenvalue weighted by atomic mass is 10.1. The highest BCUT2D eigenvalue weighted by Gasteiger charge is 2.21. The normalized spacial score (nSPS) is 12.3. The zero-order valence-electron chi connectivity index (χ0n) is 14.6. The number of halogens is 1. The number of rotatable bonds is 6. The van der Waals surface area contributed by atoms with Crippen molar-refractivity contribution in [2.75, 3.05) is 6.61 Å². The quantitative estimate of drug-likeness (QED) is 0.480. The van der Waals surface area contributed by atoms with E-state index < -0.39 is 12.0 Å². The van der Waals surface area contributed by atoms with E-state index in [-0.39, 0.29) is 11.4 Å². The molecule has 0 N–H and O–H groups in total. The lowest BCUT2D eigenvalue weighted by Crippen LogP contribution is -2.29. The number of carbonyl (C=O) groups is 1. The van der Waals surface area contributed by atoms with Crippen molar-refractivity contribution in [1.29, 1.82) is 0 Å². The van der Waals surface area contributed by atoms with Crippen molar-refractivity contribution < 1.29 is 13.9 Å². The molecule has 0 aliphatic rings. The molecule has 0 amide bonds. The third kappa shape index (κ3) is 3.53. The van der Waals surface area contributed by atoms with E-state index in [2.05, 4.69) is 4.98 Å². The van der Waals surface area contributed by atoms with Gasteiger partial charge in [-0.3, -0.25) is 9.36 Å². The number of esters is 1. The van der Waals surface area contributed by atoms with Gasteiger partial charge in [-0.15, -0.1) is 11.3 Å². The number of carbonyl (C=O) groups excluding carboxylic acids is 1. The van der Waals surface area contributed by atoms with Crippen molar-refractivity contribution >= 4 is 27.5 Å². The highest BCUT2D eigenvalue weighted by atomic mass is 32.1. The molecule has 2 aromatic heterocycles. The van der Waals surface area contributed by atoms with Crippen molar-refractivity contribution in [3.63, 3.8) is 0 Å². The van der Waals surface area contributed by atoms with Crippen LogP contribution in [0.2, 0.25) is 0 Å². The molecule has 3 rings (SSSR count). The molecule has 1 atom stereocenters. The van der Waals surface area contributed by atoms with E-state index >= 15 is 0 Å². The molecule has 26 heavy (non-hydrogen) atoms. The van der Waals surface area contributed by atoms with E-state index in [9.17, 15) is 14.0 Å². The number of hydrogen-bond donors (Lipinski definition) is 0. The van der Waals surface area contributed by atoms with Crippen LogP contribution in [-0.2, 0) is 9.53 Å². The maximum absolute atomic E-state index is 13.2. The van der Waals surface area contributed by atoms with E-state index in [1.807, 2.05) is 12.3 Å². The number of unbranched alkanes of at least 4 members (excludes halogenated alkanes) is 1. The third-order valence-electron chi connectivity index (χ3n) is 4.18. The van der Waals surface area contributed by atoms with Crippen LogP contribution in [0.5, 0.6) is 0 Å². The summed E-state index contributed by atoms with van der Waals surface area (Å²) in [5.74, 6) is -0.799. The SMILES string of the molecule is CCCCOC(=O)[C@H](C)n1cnc2scc(-c3ccc(F)cc3)c2c1=O. The Kier molecular flexibility index (Phi) is 5.46. The summed E-state index contributed by atoms with van der Waals surface area (Å²) in [7, 11) is 0. The van der Waals surface area contributed by atoms with E-state index in [0.717, 1.165) is 18.4 Å². The molecule has 0 unspecified atom stereocenters. The van der Waals surface area contributed by atoms with Crippen LogP contribution >= 0.6 is 11.3 Å². The van der Waals surface area contributed by atoms with Gasteiger partial charge in [0.1, 0.15) is 16.7 Å². The number of thiophene rings is 1. The molecule has 0 aliphatic heterocycles. The summed E-state index contributed by atoms with van der Waals surface area (Å²) in [5, 5.41) is 2.25. The number of hydrogen-bond acceptors (Lipinski definition) is 5. The smallest absolute Gasteiger partial charge is 0.328 e. The molecule has 2 heterocycles. The molecule has 0 bridgehead atoms. The molecule has 1 aromatic carbocycles. The predicted octanol–water partition coefficient (Wildman–Crippen LogP) is 4.17. The predicted molar refractivity (Wildman–Crippen MR) is 99.9 cm³/mol. The summed E-state index contributed by atoms with van der Waals surface area (Å²) in [5.41, 5.74) is 1.10. The van der Waals surface area contributed by atoms with Crippen LogP contribution in [0.3, 0.4) is 0 Å². The first-order valence-electron chi connectivity index (χ1n) is 8.43. The van der Waals surface area contributed by atoms with E-state index in [1.165, 1.54) is 34.4 Å². The molecule has 136 valence electrons. The minimum absolute atomic E-state index is 0.310. The number of ether oxygens (including phenoxy) is 1. The summed E-state index contributed by atoms with van der Waals surface area (Å²) in [6.45, 7) is 3.96. The van der Waals surface area contributed by atoms with Gasteiger partial charge in [0.15, 0.2) is 0 Å². The van der Waals surface area contributed by atoms with Gasteiger partial charge >= 0.3 is 5.97 Å². The maximum atomic E-state index is 13.2. The summed E-state index contributed by atoms with van der Waals surface area (Å²) >= 11 is 1.34. The van der Waals surface area contributed by atoms with Gasteiger partial charge in [-0.2, -0.15) is 0 Å². The summed E-state index contributed by atoms with van der Waals surface area (Å²) in [4.78, 5) is 30.0. The molecule has 0 aliphatic carbocycles. The Balaban J connectivity index is 2.00. The monoisotopic (exact) mass is 374 g/mol. The standard InChI is InChI=1S/C19H19FN2O3S/c1-3-4-9-25-19(24)12(2)22-11-21-17-16(18(22)23)15(10-26-17)13-5-7-14(20)8-6-13/h5-8,10-12H,3-4,9H2,1-2H3/t12-/m0/s1. The molecule has 0 spiro atoms. The molecular weight excluding hydrogens is 355 g/mol. The van der Waals surface area contributed by atoms with Crippen LogP contribution in [0.15, 0.2) is 40.8 Å². The molecular formula is C19H19FN2O3S. The Bertz CT molecular complexity index is 979. The van der Waals surface area contributed by atoms with Crippen molar-refractivity contribution in [3.05, 3.63) is 52.1 Å². The first-order chi connectivity index (χ1) is 12.5. The van der Waals surface area contributed by atoms with Crippen molar-refractivity contribution in [1.82, 2.24) is 9.55 Å². The Hall–Kier alpha value is -2.54. The molecule has 0 fully saturated rings. The summed E-state index contributed by atoms with van der Waals surface area (Å²) in [6.07, 6.45) is 3.08. The number of fused-ring (bicyclic) bond motifs is 1. The van der Waals surface area contributed by atoms with Gasteiger partial charge in [-0.1, -0.05) is 25.5 Å². The van der Waals surface area contributed by atoms with Gasteiger partial charge in [0.2, 0.25) is 0 Å². The maximum Gasteiger partial charge on any atom is 0.328 e. The van der Waals surface area contributed by atoms with Gasteiger partial charge in [-0.05, 0) is 31.0 Å². The van der Waals surface area contributed by atoms with Crippen LogP contribution in [-0.4, -0.2) is 22.1 Å². The second-order valence-electron chi connectivity index (χ2n) is 5.99. The Morgan fingerprint density at radius 2 is 2.08 bits per heavy atom. The summed E-state index contributed by atoms with van der Waals surface area (Å²) < 4.78 is 19.7. The molecule has 5 nitrogen and oxygen atoms in total. The molecule has 0 saturated heterocycles. The average molecular weight is 374 g/mol. The first-order valence-corrected chi connectivity index (χ1v) is 9.31. The van der Waals surface area contributed by atoms with Crippen LogP contribution in [0, 0.1) is 5.82 Å². The molecule has 0 radical (unpaired) electrons. The molecule has 3 aromatic rings. The average Bonchev–Trinajstić information content (AvgIpc) is 3.07. The van der Waals surface area contributed by atoms with Crippen LogP contribution < -0.4 is 5.56 Å². The highest BCUT2D eigenvalue weighted by molar-refractivity contribution is 7.17. The topological polar surface area (TPSA) is 61.2 Å². The van der Waals surface area contributed by atoms with E-state index in [1.54, 1.807) is 19.1 Å². The van der Waals surface area contributed by atoms with Crippen LogP contribution in [0.25, 0.3) is 21.3 Å². The fourth-order valence-electron chi connectivity index (χ4n) is 2.61. The van der Waals surface area contributed by atoms with Gasteiger partial charge in [0.25, 0.3) is 5.56 Å². The second-order valence-corrected chi connectivity index (χ2v) is 6.85. The van der Waals surface area contributed by atoms with E-state index in [4.69, 9.17) is 4.74 Å². The largest absolute Gasteiger partial charge is 0.464 e. The van der Waals surface area contributed by atoms with Crippen LogP contribution in [0.4, 0.5) is 4.39 Å². The van der Waals surface area contributed by atoms with Crippen LogP contribution in [0.1, 0.15) is 32.7 Å². The van der Waals surface area contributed by atoms with Gasteiger partial charge < -0.3 is 4.74 Å². The van der Waals surface area contributed by atoms with Gasteiger partial charge in [-0.25, -0.2) is 14.2 Å². The number of nitrogens with zero attached hydrogens (tertiary/aromatic N) is 2. The third-order valence-corrected chi connectivity index (χ3v) is 5.06. The first kappa shape index (κ1) is 18.3. The Morgan fingerprint density at radius 1 is 1.35 bits per heavy atom. The molecule has 0 saturated carbocycles. The fourth-order valence-corrected chi connectivity index (χ4v) is 3.52. The van der Waals surface area contributed by atoms with Gasteiger partial charge in [0.05, 0.1) is 18.3 Å². The number of aromatic nitrogens is 2. The second kappa shape index (κ2) is 7.78. The van der Waals surface area contributed by atoms with Gasteiger partial charge in [0, 0.05) is 10.9 Å². The Labute approximate surface area is 154 Å². The zero-order chi connectivity index (χ0) is 18.7. The zero-order valence-corrected chi connectivity index (χ0v) is 15.4. The van der Waals surface area contributed by atoms with Crippen molar-refractivity contribution in [3.8, 4) is 11.1 Å². The molecule has 7 heteroatoms. The van der Waals surface area contributed by atoms with Crippen molar-refractivity contribution in [2.24, 2.45) is 0 Å². The lowest BCUT2D eigenvalue weighted by molar-refractivity contribution is -0.147. The summed E-state index contributed by atoms with van der Waals surface area (Å²) in [6, 6.07) is 5.17. The highest BCUT2D eigenvalue weighted by Crippen LogP contribution is 2.30. The van der Waals surface area contributed by atoms with E-state index in [0.29, 0.717) is 22.4 Å². The number of benzene rings is 1. The Morgan fingerprint density at radius 3 is 2.77 bits per heavy atom. The van der Waals surface area contributed by atoms with Crippen molar-refractivity contribution in [2.45, 2.75) is 32.7 Å². The lowest BCUT2D eigenvalue weighted by Gasteiger charge is -2.14. The fraction of sp³-hybridized carbons (Fsp3) is 0.316. The minimum atomic E-state index is -0.766.